The third-order valence-corrected chi connectivity index (χ3v) is 2.48. The second-order valence-corrected chi connectivity index (χ2v) is 3.55. The summed E-state index contributed by atoms with van der Waals surface area (Å²) < 4.78 is 13.3. The fourth-order valence-corrected chi connectivity index (χ4v) is 1.78. The highest BCUT2D eigenvalue weighted by molar-refractivity contribution is 7.71. The van der Waals surface area contributed by atoms with Crippen LogP contribution in [0.5, 0.6) is 5.75 Å². The fraction of sp³-hybridized carbons (Fsp3) is 0. The fourth-order valence-electron chi connectivity index (χ4n) is 1.48. The molecule has 82 valence electrons. The van der Waals surface area contributed by atoms with Crippen molar-refractivity contribution >= 4 is 29.1 Å². The maximum absolute atomic E-state index is 13.4. The average molecular weight is 239 g/mol. The minimum Gasteiger partial charge on any atom is -0.506 e. The summed E-state index contributed by atoms with van der Waals surface area (Å²) in [6, 6.07) is 4.06. The summed E-state index contributed by atoms with van der Waals surface area (Å²) in [5.74, 6) is -2.75. The smallest absolute Gasteiger partial charge is 0.342 e. The maximum Gasteiger partial charge on any atom is 0.342 e. The number of pyridine rings is 1. The molecule has 0 saturated carbocycles. The Kier molecular flexibility index (Phi) is 2.35. The number of carboxylic acids is 1. The van der Waals surface area contributed by atoms with Crippen molar-refractivity contribution in [2.24, 2.45) is 0 Å². The van der Waals surface area contributed by atoms with Gasteiger partial charge in [-0.3, -0.25) is 0 Å². The molecule has 0 aliphatic rings. The van der Waals surface area contributed by atoms with Gasteiger partial charge in [0.1, 0.15) is 21.8 Å². The first-order valence-corrected chi connectivity index (χ1v) is 4.70. The molecule has 16 heavy (non-hydrogen) atoms. The molecule has 0 spiro atoms. The van der Waals surface area contributed by atoms with Crippen molar-refractivity contribution in [2.75, 3.05) is 0 Å². The topological polar surface area (TPSA) is 73.3 Å². The van der Waals surface area contributed by atoms with Crippen LogP contribution in [0.1, 0.15) is 10.4 Å². The molecular weight excluding hydrogens is 233 g/mol. The van der Waals surface area contributed by atoms with Crippen molar-refractivity contribution in [3.05, 3.63) is 34.2 Å². The Morgan fingerprint density at radius 2 is 2.12 bits per heavy atom. The average Bonchev–Trinajstić information content (AvgIpc) is 2.15. The molecule has 1 aromatic carbocycles. The number of aromatic hydroxyl groups is 1. The van der Waals surface area contributed by atoms with E-state index in [0.717, 1.165) is 6.07 Å². The molecule has 0 aliphatic carbocycles. The van der Waals surface area contributed by atoms with E-state index in [2.05, 4.69) is 4.98 Å². The highest BCUT2D eigenvalue weighted by Crippen LogP contribution is 2.29. The zero-order valence-corrected chi connectivity index (χ0v) is 8.64. The zero-order chi connectivity index (χ0) is 11.9. The van der Waals surface area contributed by atoms with E-state index in [9.17, 15) is 14.3 Å². The third kappa shape index (κ3) is 1.43. The van der Waals surface area contributed by atoms with Gasteiger partial charge < -0.3 is 15.2 Å². The first kappa shape index (κ1) is 10.6. The normalized spacial score (nSPS) is 10.6. The van der Waals surface area contributed by atoms with Crippen LogP contribution in [0.2, 0.25) is 0 Å². The number of aromatic carboxylic acids is 1. The minimum absolute atomic E-state index is 0.136. The lowest BCUT2D eigenvalue weighted by atomic mass is 10.1. The van der Waals surface area contributed by atoms with E-state index in [1.165, 1.54) is 12.1 Å². The van der Waals surface area contributed by atoms with E-state index in [1.807, 2.05) is 0 Å². The van der Waals surface area contributed by atoms with Crippen LogP contribution in [0.25, 0.3) is 10.9 Å². The zero-order valence-electron chi connectivity index (χ0n) is 7.82. The number of hydrogen-bond donors (Lipinski definition) is 3. The molecule has 0 radical (unpaired) electrons. The third-order valence-electron chi connectivity index (χ3n) is 2.18. The van der Waals surface area contributed by atoms with Gasteiger partial charge in [-0.05, 0) is 12.1 Å². The number of H-pyrrole nitrogens is 1. The number of halogens is 1. The van der Waals surface area contributed by atoms with E-state index in [0.29, 0.717) is 0 Å². The highest BCUT2D eigenvalue weighted by Gasteiger charge is 2.17. The minimum atomic E-state index is -1.40. The molecule has 1 heterocycles. The van der Waals surface area contributed by atoms with Gasteiger partial charge in [-0.15, -0.1) is 0 Å². The molecule has 1 aromatic heterocycles. The van der Waals surface area contributed by atoms with Gasteiger partial charge in [0.15, 0.2) is 0 Å². The van der Waals surface area contributed by atoms with Crippen molar-refractivity contribution in [3.8, 4) is 5.75 Å². The van der Waals surface area contributed by atoms with Crippen LogP contribution in [0.15, 0.2) is 18.2 Å². The van der Waals surface area contributed by atoms with E-state index in [1.54, 1.807) is 0 Å². The first-order chi connectivity index (χ1) is 7.52. The van der Waals surface area contributed by atoms with Gasteiger partial charge in [0.25, 0.3) is 0 Å². The molecule has 0 aliphatic heterocycles. The SMILES string of the molecule is O=C(O)c1c(O)c2c(F)cccc2[nH]c1=S. The van der Waals surface area contributed by atoms with E-state index in [-0.39, 0.29) is 15.5 Å². The predicted molar refractivity (Wildman–Crippen MR) is 57.7 cm³/mol. The molecule has 4 nitrogen and oxygen atoms in total. The largest absolute Gasteiger partial charge is 0.506 e. The molecule has 0 atom stereocenters. The van der Waals surface area contributed by atoms with Crippen molar-refractivity contribution in [2.45, 2.75) is 0 Å². The molecule has 0 bridgehead atoms. The Morgan fingerprint density at radius 1 is 1.44 bits per heavy atom. The Labute approximate surface area is 94.0 Å². The van der Waals surface area contributed by atoms with Crippen LogP contribution in [0.3, 0.4) is 0 Å². The van der Waals surface area contributed by atoms with Gasteiger partial charge in [-0.25, -0.2) is 9.18 Å². The molecular formula is C10H6FNO3S. The van der Waals surface area contributed by atoms with Crippen molar-refractivity contribution in [1.29, 1.82) is 0 Å². The number of hydrogen-bond acceptors (Lipinski definition) is 3. The summed E-state index contributed by atoms with van der Waals surface area (Å²) in [5.41, 5.74) is -0.236. The van der Waals surface area contributed by atoms with E-state index < -0.39 is 23.1 Å². The van der Waals surface area contributed by atoms with Crippen LogP contribution in [-0.4, -0.2) is 21.2 Å². The van der Waals surface area contributed by atoms with Crippen LogP contribution in [0.4, 0.5) is 4.39 Å². The van der Waals surface area contributed by atoms with Gasteiger partial charge in [-0.1, -0.05) is 18.3 Å². The van der Waals surface area contributed by atoms with Gasteiger partial charge in [0.05, 0.1) is 10.9 Å². The van der Waals surface area contributed by atoms with E-state index >= 15 is 0 Å². The highest BCUT2D eigenvalue weighted by atomic mass is 32.1. The van der Waals surface area contributed by atoms with Crippen molar-refractivity contribution in [3.63, 3.8) is 0 Å². The number of nitrogens with one attached hydrogen (secondary N) is 1. The first-order valence-electron chi connectivity index (χ1n) is 4.29. The lowest BCUT2D eigenvalue weighted by Crippen LogP contribution is -2.01. The number of benzene rings is 1. The molecule has 0 fully saturated rings. The summed E-state index contributed by atoms with van der Waals surface area (Å²) in [6.07, 6.45) is 0. The lowest BCUT2D eigenvalue weighted by molar-refractivity contribution is 0.0693. The van der Waals surface area contributed by atoms with Crippen molar-refractivity contribution in [1.82, 2.24) is 4.98 Å². The molecule has 6 heteroatoms. The summed E-state index contributed by atoms with van der Waals surface area (Å²) in [6.45, 7) is 0. The van der Waals surface area contributed by atoms with Crippen LogP contribution in [0, 0.1) is 10.5 Å². The maximum atomic E-state index is 13.4. The predicted octanol–water partition coefficient (Wildman–Crippen LogP) is 2.44. The molecule has 3 N–H and O–H groups in total. The molecule has 0 amide bonds. The molecule has 2 aromatic rings. The van der Waals surface area contributed by atoms with Crippen molar-refractivity contribution < 1.29 is 19.4 Å². The molecule has 2 rings (SSSR count). The Morgan fingerprint density at radius 3 is 2.75 bits per heavy atom. The quantitative estimate of drug-likeness (QED) is 0.668. The Balaban J connectivity index is 3.03. The number of aromatic amines is 1. The number of carboxylic acid groups (broad SMARTS) is 1. The molecule has 0 unspecified atom stereocenters. The van der Waals surface area contributed by atoms with Crippen LogP contribution in [-0.2, 0) is 0 Å². The van der Waals surface area contributed by atoms with Crippen LogP contribution < -0.4 is 0 Å². The number of fused-ring (bicyclic) bond motifs is 1. The molecule has 0 saturated heterocycles. The van der Waals surface area contributed by atoms with Gasteiger partial charge >= 0.3 is 5.97 Å². The van der Waals surface area contributed by atoms with Gasteiger partial charge in [0.2, 0.25) is 0 Å². The standard InChI is InChI=1S/C10H6FNO3S/c11-4-2-1-3-5-6(4)8(13)7(10(14)15)9(16)12-5/h1-3H,(H,14,15)(H2,12,13,16). The Hall–Kier alpha value is -1.95. The second kappa shape index (κ2) is 3.57. The second-order valence-electron chi connectivity index (χ2n) is 3.15. The van der Waals surface area contributed by atoms with Gasteiger partial charge in [-0.2, -0.15) is 0 Å². The summed E-state index contributed by atoms with van der Waals surface area (Å²) >= 11 is 4.77. The lowest BCUT2D eigenvalue weighted by Gasteiger charge is -2.05. The summed E-state index contributed by atoms with van der Waals surface area (Å²) in [4.78, 5) is 13.4. The Bertz CT molecular complexity index is 650. The van der Waals surface area contributed by atoms with Gasteiger partial charge in [0, 0.05) is 0 Å². The number of carbonyl (C=O) groups is 1. The van der Waals surface area contributed by atoms with Crippen LogP contribution >= 0.6 is 12.2 Å². The van der Waals surface area contributed by atoms with E-state index in [4.69, 9.17) is 17.3 Å². The monoisotopic (exact) mass is 239 g/mol. The number of aromatic nitrogens is 1. The summed E-state index contributed by atoms with van der Waals surface area (Å²) in [5, 5.41) is 18.3. The summed E-state index contributed by atoms with van der Waals surface area (Å²) in [7, 11) is 0. The number of rotatable bonds is 1.